The number of rotatable bonds is 12. The molecule has 0 saturated carbocycles. The third-order valence-electron chi connectivity index (χ3n) is 5.59. The maximum absolute atomic E-state index is 11.9. The summed E-state index contributed by atoms with van der Waals surface area (Å²) in [5.74, 6) is -1.98. The third kappa shape index (κ3) is 18.7. The lowest BCUT2D eigenvalue weighted by atomic mass is 10.2. The van der Waals surface area contributed by atoms with E-state index >= 15 is 0 Å². The van der Waals surface area contributed by atoms with Crippen LogP contribution in [0.3, 0.4) is 0 Å². The van der Waals surface area contributed by atoms with Gasteiger partial charge >= 0.3 is 30.4 Å². The second kappa shape index (κ2) is 19.7. The van der Waals surface area contributed by atoms with E-state index in [1.54, 1.807) is 24.5 Å². The van der Waals surface area contributed by atoms with Gasteiger partial charge in [-0.3, -0.25) is 4.79 Å². The van der Waals surface area contributed by atoms with Crippen molar-refractivity contribution in [2.24, 2.45) is 0 Å². The van der Waals surface area contributed by atoms with Gasteiger partial charge in [0.05, 0.1) is 0 Å². The van der Waals surface area contributed by atoms with Gasteiger partial charge in [-0.15, -0.1) is 0 Å². The highest BCUT2D eigenvalue weighted by Gasteiger charge is 2.38. The van der Waals surface area contributed by atoms with Crippen LogP contribution in [-0.2, 0) is 32.2 Å². The Morgan fingerprint density at radius 1 is 0.689 bits per heavy atom. The summed E-state index contributed by atoms with van der Waals surface area (Å²) in [6, 6.07) is 18.6. The third-order valence-corrected chi connectivity index (χ3v) is 5.59. The maximum Gasteiger partial charge on any atom is 0.471 e. The molecule has 2 aromatic rings. The van der Waals surface area contributed by atoms with Crippen molar-refractivity contribution in [2.75, 3.05) is 40.3 Å². The van der Waals surface area contributed by atoms with Crippen LogP contribution in [0, 0.1) is 0 Å². The minimum absolute atomic E-state index is 0.120. The lowest BCUT2D eigenvalue weighted by Gasteiger charge is -2.20. The molecule has 2 N–H and O–H groups in total. The van der Waals surface area contributed by atoms with Crippen LogP contribution in [0.4, 0.5) is 27.6 Å². The number of hydrogen-bond acceptors (Lipinski definition) is 7. The van der Waals surface area contributed by atoms with Crippen molar-refractivity contribution in [1.82, 2.24) is 20.4 Å². The summed E-state index contributed by atoms with van der Waals surface area (Å²) in [6.07, 6.45) is -5.49. The van der Waals surface area contributed by atoms with Crippen molar-refractivity contribution in [2.45, 2.75) is 58.6 Å². The maximum atomic E-state index is 11.9. The van der Waals surface area contributed by atoms with Gasteiger partial charge in [-0.1, -0.05) is 60.7 Å². The van der Waals surface area contributed by atoms with Crippen molar-refractivity contribution in [3.8, 4) is 0 Å². The topological polar surface area (TPSA) is 127 Å². The Hall–Kier alpha value is -4.49. The van der Waals surface area contributed by atoms with Gasteiger partial charge < -0.3 is 34.6 Å². The van der Waals surface area contributed by atoms with Crippen LogP contribution >= 0.6 is 0 Å². The number of amides is 4. The zero-order valence-corrected chi connectivity index (χ0v) is 26.3. The molecular weight excluding hydrogens is 597 g/mol. The zero-order valence-electron chi connectivity index (χ0n) is 26.3. The van der Waals surface area contributed by atoms with Crippen LogP contribution in [0.15, 0.2) is 60.7 Å². The van der Waals surface area contributed by atoms with Gasteiger partial charge in [0.15, 0.2) is 0 Å². The molecule has 4 amide bonds. The Morgan fingerprint density at radius 3 is 1.47 bits per heavy atom. The van der Waals surface area contributed by atoms with Gasteiger partial charge in [0.2, 0.25) is 0 Å². The Kier molecular flexibility index (Phi) is 16.9. The van der Waals surface area contributed by atoms with Crippen molar-refractivity contribution in [1.29, 1.82) is 0 Å². The molecule has 11 nitrogen and oxygen atoms in total. The Bertz CT molecular complexity index is 1180. The summed E-state index contributed by atoms with van der Waals surface area (Å²) in [6.45, 7) is 6.72. The molecule has 0 atom stereocenters. The molecule has 0 heterocycles. The predicted octanol–water partition coefficient (Wildman–Crippen LogP) is 5.49. The first kappa shape index (κ1) is 38.5. The van der Waals surface area contributed by atoms with E-state index in [2.05, 4.69) is 5.32 Å². The summed E-state index contributed by atoms with van der Waals surface area (Å²) in [5.41, 5.74) is 1.27. The van der Waals surface area contributed by atoms with Gasteiger partial charge in [0.25, 0.3) is 0 Å². The highest BCUT2D eigenvalue weighted by atomic mass is 19.4. The number of alkyl halides is 3. The molecule has 0 aliphatic rings. The SMILES string of the molecule is CN(CCCNC(=O)C(F)(F)F)C(=O)OCc1ccccc1.CN(CCCNC(=O)OC(C)(C)C)C(=O)OCc1ccccc1. The molecule has 0 spiro atoms. The Balaban J connectivity index is 0.000000450. The minimum Gasteiger partial charge on any atom is -0.445 e. The molecule has 2 aromatic carbocycles. The standard InChI is InChI=1S/C17H26N2O4.C14H17F3N2O3/c1-17(2,3)23-15(20)18-11-8-12-19(4)16(21)22-13-14-9-6-5-7-10-14;1-19(9-5-8-18-12(20)14(15,16)17)13(21)22-10-11-6-3-2-4-7-11/h5-7,9-10H,8,11-13H2,1-4H3,(H,18,20);2-4,6-7H,5,8-10H2,1H3,(H,18,20). The normalized spacial score (nSPS) is 10.8. The summed E-state index contributed by atoms with van der Waals surface area (Å²) in [4.78, 5) is 48.2. The molecule has 0 saturated heterocycles. The number of nitrogens with one attached hydrogen (secondary N) is 2. The predicted molar refractivity (Wildman–Crippen MR) is 161 cm³/mol. The Morgan fingerprint density at radius 2 is 1.09 bits per heavy atom. The van der Waals surface area contributed by atoms with Gasteiger partial charge in [0.1, 0.15) is 18.8 Å². The first-order valence-corrected chi connectivity index (χ1v) is 14.2. The van der Waals surface area contributed by atoms with E-state index in [4.69, 9.17) is 14.2 Å². The van der Waals surface area contributed by atoms with E-state index < -0.39 is 29.9 Å². The number of benzene rings is 2. The number of halogens is 3. The summed E-state index contributed by atoms with van der Waals surface area (Å²) in [7, 11) is 3.14. The van der Waals surface area contributed by atoms with Gasteiger partial charge in [-0.2, -0.15) is 13.2 Å². The van der Waals surface area contributed by atoms with Crippen molar-refractivity contribution < 1.29 is 46.6 Å². The zero-order chi connectivity index (χ0) is 33.9. The van der Waals surface area contributed by atoms with Crippen molar-refractivity contribution >= 4 is 24.2 Å². The first-order valence-electron chi connectivity index (χ1n) is 14.2. The number of nitrogens with zero attached hydrogens (tertiary/aromatic N) is 2. The molecule has 0 radical (unpaired) electrons. The van der Waals surface area contributed by atoms with E-state index in [1.807, 2.05) is 69.3 Å². The average molecular weight is 641 g/mol. The highest BCUT2D eigenvalue weighted by molar-refractivity contribution is 5.81. The molecule has 0 aliphatic carbocycles. The largest absolute Gasteiger partial charge is 0.471 e. The van der Waals surface area contributed by atoms with Crippen LogP contribution in [-0.4, -0.2) is 86.0 Å². The monoisotopic (exact) mass is 640 g/mol. The van der Waals surface area contributed by atoms with Crippen molar-refractivity contribution in [3.63, 3.8) is 0 Å². The van der Waals surface area contributed by atoms with Crippen molar-refractivity contribution in [3.05, 3.63) is 71.8 Å². The quantitative estimate of drug-likeness (QED) is 0.232. The van der Waals surface area contributed by atoms with E-state index in [9.17, 15) is 32.3 Å². The molecule has 0 fully saturated rings. The number of carbonyl (C=O) groups excluding carboxylic acids is 4. The number of alkyl carbamates (subject to hydrolysis) is 1. The van der Waals surface area contributed by atoms with E-state index in [1.165, 1.54) is 16.8 Å². The fourth-order valence-corrected chi connectivity index (χ4v) is 3.28. The van der Waals surface area contributed by atoms with Crippen LogP contribution in [0.1, 0.15) is 44.7 Å². The Labute approximate surface area is 262 Å². The average Bonchev–Trinajstić information content (AvgIpc) is 2.98. The number of ether oxygens (including phenoxy) is 3. The highest BCUT2D eigenvalue weighted by Crippen LogP contribution is 2.14. The second-order valence-corrected chi connectivity index (χ2v) is 10.8. The lowest BCUT2D eigenvalue weighted by Crippen LogP contribution is -2.38. The smallest absolute Gasteiger partial charge is 0.445 e. The van der Waals surface area contributed by atoms with Crippen LogP contribution in [0.25, 0.3) is 0 Å². The molecular formula is C31H43F3N4O7. The van der Waals surface area contributed by atoms with Crippen LogP contribution in [0.5, 0.6) is 0 Å². The fraction of sp³-hybridized carbons (Fsp3) is 0.484. The molecule has 14 heteroatoms. The van der Waals surface area contributed by atoms with Gasteiger partial charge in [-0.25, -0.2) is 14.4 Å². The molecule has 0 aromatic heterocycles. The molecule has 0 bridgehead atoms. The molecule has 2 rings (SSSR count). The van der Waals surface area contributed by atoms with E-state index in [0.717, 1.165) is 11.1 Å². The first-order chi connectivity index (χ1) is 21.1. The minimum atomic E-state index is -4.89. The van der Waals surface area contributed by atoms with Crippen LogP contribution in [0.2, 0.25) is 0 Å². The summed E-state index contributed by atoms with van der Waals surface area (Å²) >= 11 is 0. The fourth-order valence-electron chi connectivity index (χ4n) is 3.28. The molecule has 250 valence electrons. The second-order valence-electron chi connectivity index (χ2n) is 10.8. The lowest BCUT2D eigenvalue weighted by molar-refractivity contribution is -0.173. The van der Waals surface area contributed by atoms with E-state index in [0.29, 0.717) is 19.5 Å². The summed E-state index contributed by atoms with van der Waals surface area (Å²) in [5, 5.41) is 4.38. The number of carbonyl (C=O) groups is 4. The molecule has 45 heavy (non-hydrogen) atoms. The van der Waals surface area contributed by atoms with Gasteiger partial charge in [0, 0.05) is 40.3 Å². The van der Waals surface area contributed by atoms with E-state index in [-0.39, 0.29) is 38.8 Å². The molecule has 0 unspecified atom stereocenters. The van der Waals surface area contributed by atoms with Crippen LogP contribution < -0.4 is 10.6 Å². The number of hydrogen-bond donors (Lipinski definition) is 2. The molecule has 0 aliphatic heterocycles. The summed E-state index contributed by atoms with van der Waals surface area (Å²) < 4.78 is 51.2. The van der Waals surface area contributed by atoms with Gasteiger partial charge in [-0.05, 0) is 44.7 Å².